The van der Waals surface area contributed by atoms with Crippen molar-refractivity contribution < 1.29 is 46.5 Å². The summed E-state index contributed by atoms with van der Waals surface area (Å²) >= 11 is 3.45. The second-order valence-electron chi connectivity index (χ2n) is 4.10. The van der Waals surface area contributed by atoms with Gasteiger partial charge < -0.3 is 14.6 Å². The van der Waals surface area contributed by atoms with Gasteiger partial charge in [-0.1, -0.05) is 0 Å². The van der Waals surface area contributed by atoms with Crippen molar-refractivity contribution in [1.29, 1.82) is 0 Å². The molecule has 1 heterocycles. The van der Waals surface area contributed by atoms with Crippen LogP contribution in [0.1, 0.15) is 0 Å². The van der Waals surface area contributed by atoms with Crippen LogP contribution in [-0.2, 0) is 41.4 Å². The molecule has 0 aromatic rings. The van der Waals surface area contributed by atoms with Crippen LogP contribution < -0.4 is 0 Å². The number of hydrogen-bond donors (Lipinski definition) is 1. The van der Waals surface area contributed by atoms with E-state index in [1.165, 1.54) is 17.1 Å². The summed E-state index contributed by atoms with van der Waals surface area (Å²) in [7, 11) is 0. The average molecular weight is 548 g/mol. The smallest absolute Gasteiger partial charge is 0.253 e. The standard InChI is InChI=1S/C9H13NO3S.C5H12O2S.Au/c1-14-7-6-13-5-4-10-8(11)2-3-9(10)12;1-8-5-4-7-3-2-6;/h2-3H,4-7H2,1H3;6H,2-5H2,1H3;. The summed E-state index contributed by atoms with van der Waals surface area (Å²) in [6.07, 6.45) is 6.59. The van der Waals surface area contributed by atoms with E-state index >= 15 is 0 Å². The normalized spacial score (nSPS) is 12.9. The Morgan fingerprint density at radius 3 is 1.87 bits per heavy atom. The van der Waals surface area contributed by atoms with E-state index in [2.05, 4.69) is 0 Å². The maximum absolute atomic E-state index is 11.1. The van der Waals surface area contributed by atoms with Gasteiger partial charge in [-0.2, -0.15) is 23.5 Å². The summed E-state index contributed by atoms with van der Waals surface area (Å²) in [4.78, 5) is 23.3. The summed E-state index contributed by atoms with van der Waals surface area (Å²) in [6.45, 7) is 2.78. The van der Waals surface area contributed by atoms with Crippen molar-refractivity contribution in [3.05, 3.63) is 12.2 Å². The fourth-order valence-corrected chi connectivity index (χ4v) is 1.93. The largest absolute Gasteiger partial charge is 0.394 e. The van der Waals surface area contributed by atoms with Crippen LogP contribution in [0.4, 0.5) is 0 Å². The van der Waals surface area contributed by atoms with Crippen LogP contribution in [0, 0.1) is 0 Å². The van der Waals surface area contributed by atoms with Crippen molar-refractivity contribution in [1.82, 2.24) is 4.90 Å². The van der Waals surface area contributed by atoms with Gasteiger partial charge in [0.2, 0.25) is 0 Å². The fraction of sp³-hybridized carbons (Fsp3) is 0.714. The van der Waals surface area contributed by atoms with E-state index in [4.69, 9.17) is 14.6 Å². The Hall–Kier alpha value is 0.200. The number of nitrogens with zero attached hydrogens (tertiary/aromatic N) is 1. The zero-order chi connectivity index (χ0) is 16.6. The molecule has 139 valence electrons. The third kappa shape index (κ3) is 14.3. The van der Waals surface area contributed by atoms with Crippen molar-refractivity contribution >= 4 is 35.3 Å². The van der Waals surface area contributed by atoms with Gasteiger partial charge in [0.05, 0.1) is 39.6 Å². The number of imide groups is 1. The van der Waals surface area contributed by atoms with Gasteiger partial charge in [-0.25, -0.2) is 0 Å². The SMILES string of the molecule is CSCCOCCN1C(=O)C=CC1=O.CSCCOCCO.[Au]. The van der Waals surface area contributed by atoms with Crippen LogP contribution >= 0.6 is 23.5 Å². The number of aliphatic hydroxyl groups is 1. The van der Waals surface area contributed by atoms with Gasteiger partial charge in [0.1, 0.15) is 0 Å². The number of rotatable bonds is 11. The molecule has 6 nitrogen and oxygen atoms in total. The fourth-order valence-electron chi connectivity index (χ4n) is 1.36. The Balaban J connectivity index is 0. The third-order valence-electron chi connectivity index (χ3n) is 2.46. The molecule has 0 saturated carbocycles. The van der Waals surface area contributed by atoms with E-state index in [0.717, 1.165) is 18.1 Å². The van der Waals surface area contributed by atoms with Crippen molar-refractivity contribution in [2.75, 3.05) is 63.6 Å². The number of aliphatic hydroxyl groups excluding tert-OH is 1. The molecule has 0 unspecified atom stereocenters. The first kappa shape index (κ1) is 25.4. The van der Waals surface area contributed by atoms with Crippen LogP contribution in [0.3, 0.4) is 0 Å². The maximum Gasteiger partial charge on any atom is 0.253 e. The minimum atomic E-state index is -0.247. The van der Waals surface area contributed by atoms with Crippen LogP contribution in [0.2, 0.25) is 0 Å². The molecule has 0 aliphatic carbocycles. The number of carbonyl (C=O) groups excluding carboxylic acids is 2. The van der Waals surface area contributed by atoms with Crippen molar-refractivity contribution in [3.63, 3.8) is 0 Å². The number of hydrogen-bond acceptors (Lipinski definition) is 7. The summed E-state index contributed by atoms with van der Waals surface area (Å²) < 4.78 is 10.2. The Kier molecular flexibility index (Phi) is 20.5. The predicted molar refractivity (Wildman–Crippen MR) is 91.3 cm³/mol. The average Bonchev–Trinajstić information content (AvgIpc) is 2.84. The molecule has 1 aliphatic rings. The first-order valence-electron chi connectivity index (χ1n) is 6.95. The first-order valence-corrected chi connectivity index (χ1v) is 9.73. The minimum absolute atomic E-state index is 0. The van der Waals surface area contributed by atoms with E-state index < -0.39 is 0 Å². The molecule has 1 radical (unpaired) electrons. The summed E-state index contributed by atoms with van der Waals surface area (Å²) in [5, 5.41) is 8.23. The maximum atomic E-state index is 11.1. The molecule has 0 aromatic heterocycles. The molecular weight excluding hydrogens is 523 g/mol. The Labute approximate surface area is 162 Å². The number of amides is 2. The minimum Gasteiger partial charge on any atom is -0.394 e. The van der Waals surface area contributed by atoms with Gasteiger partial charge in [-0.05, 0) is 12.5 Å². The second kappa shape index (κ2) is 18.5. The number of thioether (sulfide) groups is 2. The molecule has 1 rings (SSSR count). The Morgan fingerprint density at radius 2 is 1.43 bits per heavy atom. The molecule has 0 bridgehead atoms. The molecule has 0 aromatic carbocycles. The van der Waals surface area contributed by atoms with Crippen LogP contribution in [0.5, 0.6) is 0 Å². The quantitative estimate of drug-likeness (QED) is 0.231. The van der Waals surface area contributed by atoms with Gasteiger partial charge in [0, 0.05) is 46.0 Å². The van der Waals surface area contributed by atoms with E-state index in [-0.39, 0.29) is 40.8 Å². The van der Waals surface area contributed by atoms with Crippen LogP contribution in [0.25, 0.3) is 0 Å². The van der Waals surface area contributed by atoms with Crippen LogP contribution in [-0.4, -0.2) is 85.4 Å². The van der Waals surface area contributed by atoms with Gasteiger partial charge in [-0.3, -0.25) is 14.5 Å². The van der Waals surface area contributed by atoms with Crippen LogP contribution in [0.15, 0.2) is 12.2 Å². The molecule has 0 spiro atoms. The van der Waals surface area contributed by atoms with E-state index in [9.17, 15) is 9.59 Å². The summed E-state index contributed by atoms with van der Waals surface area (Å²) in [5.74, 6) is 1.45. The summed E-state index contributed by atoms with van der Waals surface area (Å²) in [5.41, 5.74) is 0. The molecule has 1 N–H and O–H groups in total. The molecule has 0 saturated heterocycles. The topological polar surface area (TPSA) is 76.1 Å². The van der Waals surface area contributed by atoms with Gasteiger partial charge >= 0.3 is 0 Å². The third-order valence-corrected chi connectivity index (χ3v) is 3.61. The molecular formula is C14H25AuNO5S2. The Bertz CT molecular complexity index is 321. The zero-order valence-electron chi connectivity index (χ0n) is 13.5. The van der Waals surface area contributed by atoms with E-state index in [0.29, 0.717) is 26.4 Å². The van der Waals surface area contributed by atoms with E-state index in [1.54, 1.807) is 23.5 Å². The molecule has 0 fully saturated rings. The van der Waals surface area contributed by atoms with Crippen molar-refractivity contribution in [2.45, 2.75) is 0 Å². The first-order chi connectivity index (χ1) is 10.7. The monoisotopic (exact) mass is 548 g/mol. The number of carbonyl (C=O) groups is 2. The number of ether oxygens (including phenoxy) is 2. The van der Waals surface area contributed by atoms with Gasteiger partial charge in [0.25, 0.3) is 11.8 Å². The van der Waals surface area contributed by atoms with Crippen molar-refractivity contribution in [3.8, 4) is 0 Å². The van der Waals surface area contributed by atoms with Crippen molar-refractivity contribution in [2.24, 2.45) is 0 Å². The predicted octanol–water partition coefficient (Wildman–Crippen LogP) is 0.647. The molecule has 2 amide bonds. The molecule has 1 aliphatic heterocycles. The van der Waals surface area contributed by atoms with Gasteiger partial charge in [0.15, 0.2) is 0 Å². The zero-order valence-corrected chi connectivity index (χ0v) is 17.3. The molecule has 23 heavy (non-hydrogen) atoms. The second-order valence-corrected chi connectivity index (χ2v) is 6.07. The van der Waals surface area contributed by atoms with E-state index in [1.807, 2.05) is 12.5 Å². The van der Waals surface area contributed by atoms with Gasteiger partial charge in [-0.15, -0.1) is 0 Å². The molecule has 9 heteroatoms. The molecule has 0 atom stereocenters. The summed E-state index contributed by atoms with van der Waals surface area (Å²) in [6, 6.07) is 0. The Morgan fingerprint density at radius 1 is 0.957 bits per heavy atom.